The Morgan fingerprint density at radius 1 is 1.26 bits per heavy atom. The number of nitrogens with zero attached hydrogens (tertiary/aromatic N) is 1. The molecule has 0 atom stereocenters. The first kappa shape index (κ1) is 14.2. The summed E-state index contributed by atoms with van der Waals surface area (Å²) in [5.41, 5.74) is 1.17. The zero-order chi connectivity index (χ0) is 13.8. The van der Waals surface area contributed by atoms with Gasteiger partial charge < -0.3 is 10.0 Å². The molecule has 3 nitrogen and oxygen atoms in total. The van der Waals surface area contributed by atoms with Crippen LogP contribution >= 0.6 is 11.6 Å². The molecule has 0 aliphatic heterocycles. The molecule has 0 heterocycles. The van der Waals surface area contributed by atoms with Crippen LogP contribution in [-0.4, -0.2) is 24.2 Å². The minimum absolute atomic E-state index is 0.166. The summed E-state index contributed by atoms with van der Waals surface area (Å²) in [5.74, 6) is -0.978. The van der Waals surface area contributed by atoms with E-state index < -0.39 is 5.97 Å². The van der Waals surface area contributed by atoms with Crippen LogP contribution in [-0.2, 0) is 0 Å². The average Bonchev–Trinajstić information content (AvgIpc) is 2.66. The second kappa shape index (κ2) is 6.29. The molecule has 1 aliphatic carbocycles. The zero-order valence-electron chi connectivity index (χ0n) is 11.2. The number of benzene rings is 1. The standard InChI is InChI=1S/C15H20ClNO2/c1-17(11-6-4-2-3-5-7-11)12-8-9-13(15(18)19)14(16)10-12/h8-11H,2-7H2,1H3,(H,18,19). The van der Waals surface area contributed by atoms with Crippen LogP contribution in [0, 0.1) is 0 Å². The Morgan fingerprint density at radius 3 is 2.42 bits per heavy atom. The van der Waals surface area contributed by atoms with Crippen LogP contribution in [0.25, 0.3) is 0 Å². The Kier molecular flexibility index (Phi) is 4.70. The van der Waals surface area contributed by atoms with Crippen molar-refractivity contribution in [1.29, 1.82) is 0 Å². The van der Waals surface area contributed by atoms with E-state index in [4.69, 9.17) is 16.7 Å². The predicted molar refractivity (Wildman–Crippen MR) is 78.3 cm³/mol. The van der Waals surface area contributed by atoms with Gasteiger partial charge in [-0.2, -0.15) is 0 Å². The average molecular weight is 282 g/mol. The minimum Gasteiger partial charge on any atom is -0.478 e. The van der Waals surface area contributed by atoms with Crippen molar-refractivity contribution in [1.82, 2.24) is 0 Å². The summed E-state index contributed by atoms with van der Waals surface area (Å²) in [5, 5.41) is 9.29. The summed E-state index contributed by atoms with van der Waals surface area (Å²) in [6, 6.07) is 5.73. The number of halogens is 1. The molecule has 0 radical (unpaired) electrons. The van der Waals surface area contributed by atoms with Crippen LogP contribution in [0.2, 0.25) is 5.02 Å². The van der Waals surface area contributed by atoms with E-state index in [9.17, 15) is 4.79 Å². The van der Waals surface area contributed by atoms with Crippen LogP contribution in [0.1, 0.15) is 48.9 Å². The molecule has 104 valence electrons. The number of rotatable bonds is 3. The third kappa shape index (κ3) is 3.41. The highest BCUT2D eigenvalue weighted by Crippen LogP contribution is 2.28. The summed E-state index contributed by atoms with van der Waals surface area (Å²) < 4.78 is 0. The summed E-state index contributed by atoms with van der Waals surface area (Å²) >= 11 is 6.03. The highest BCUT2D eigenvalue weighted by molar-refractivity contribution is 6.33. The molecule has 0 bridgehead atoms. The van der Waals surface area contributed by atoms with Gasteiger partial charge in [0.25, 0.3) is 0 Å². The number of hydrogen-bond acceptors (Lipinski definition) is 2. The molecule has 0 aromatic heterocycles. The molecular weight excluding hydrogens is 262 g/mol. The quantitative estimate of drug-likeness (QED) is 0.844. The maximum absolute atomic E-state index is 11.0. The molecule has 1 N–H and O–H groups in total. The van der Waals surface area contributed by atoms with E-state index >= 15 is 0 Å². The molecule has 1 aromatic carbocycles. The number of hydrogen-bond donors (Lipinski definition) is 1. The zero-order valence-corrected chi connectivity index (χ0v) is 12.0. The SMILES string of the molecule is CN(c1ccc(C(=O)O)c(Cl)c1)C1CCCCCC1. The maximum Gasteiger partial charge on any atom is 0.337 e. The number of carboxylic acids is 1. The molecule has 0 unspecified atom stereocenters. The van der Waals surface area contributed by atoms with Crippen molar-refractivity contribution in [3.05, 3.63) is 28.8 Å². The summed E-state index contributed by atoms with van der Waals surface area (Å²) in [6.07, 6.45) is 7.60. The van der Waals surface area contributed by atoms with Gasteiger partial charge in [-0.25, -0.2) is 4.79 Å². The number of aromatic carboxylic acids is 1. The second-order valence-electron chi connectivity index (χ2n) is 5.23. The van der Waals surface area contributed by atoms with Crippen molar-refractivity contribution in [2.24, 2.45) is 0 Å². The highest BCUT2D eigenvalue weighted by atomic mass is 35.5. The molecule has 1 aromatic rings. The molecule has 19 heavy (non-hydrogen) atoms. The van der Waals surface area contributed by atoms with Crippen molar-refractivity contribution < 1.29 is 9.90 Å². The lowest BCUT2D eigenvalue weighted by Crippen LogP contribution is -2.31. The Bertz CT molecular complexity index is 453. The molecule has 4 heteroatoms. The first-order valence-corrected chi connectivity index (χ1v) is 7.23. The second-order valence-corrected chi connectivity index (χ2v) is 5.63. The Labute approximate surface area is 119 Å². The third-order valence-electron chi connectivity index (χ3n) is 3.96. The van der Waals surface area contributed by atoms with Gasteiger partial charge in [-0.1, -0.05) is 37.3 Å². The van der Waals surface area contributed by atoms with Crippen LogP contribution < -0.4 is 4.90 Å². The largest absolute Gasteiger partial charge is 0.478 e. The van der Waals surface area contributed by atoms with Gasteiger partial charge >= 0.3 is 5.97 Å². The lowest BCUT2D eigenvalue weighted by atomic mass is 10.1. The van der Waals surface area contributed by atoms with E-state index in [0.717, 1.165) is 5.69 Å². The van der Waals surface area contributed by atoms with E-state index in [2.05, 4.69) is 11.9 Å². The lowest BCUT2D eigenvalue weighted by molar-refractivity contribution is 0.0697. The fraction of sp³-hybridized carbons (Fsp3) is 0.533. The number of carboxylic acid groups (broad SMARTS) is 1. The number of anilines is 1. The predicted octanol–water partition coefficient (Wildman–Crippen LogP) is 4.20. The molecule has 1 fully saturated rings. The topological polar surface area (TPSA) is 40.5 Å². The Morgan fingerprint density at radius 2 is 1.89 bits per heavy atom. The smallest absolute Gasteiger partial charge is 0.337 e. The highest BCUT2D eigenvalue weighted by Gasteiger charge is 2.18. The maximum atomic E-state index is 11.0. The van der Waals surface area contributed by atoms with E-state index in [0.29, 0.717) is 11.1 Å². The van der Waals surface area contributed by atoms with Crippen molar-refractivity contribution in [2.45, 2.75) is 44.6 Å². The van der Waals surface area contributed by atoms with Crippen molar-refractivity contribution >= 4 is 23.3 Å². The lowest BCUT2D eigenvalue weighted by Gasteiger charge is -2.29. The van der Waals surface area contributed by atoms with Gasteiger partial charge in [-0.15, -0.1) is 0 Å². The van der Waals surface area contributed by atoms with E-state index in [1.807, 2.05) is 6.07 Å². The molecular formula is C15H20ClNO2. The minimum atomic E-state index is -0.978. The Hall–Kier alpha value is -1.22. The van der Waals surface area contributed by atoms with E-state index in [1.165, 1.54) is 38.5 Å². The van der Waals surface area contributed by atoms with Crippen LogP contribution in [0.5, 0.6) is 0 Å². The third-order valence-corrected chi connectivity index (χ3v) is 4.28. The van der Waals surface area contributed by atoms with Gasteiger partial charge in [-0.3, -0.25) is 0 Å². The summed E-state index contributed by atoms with van der Waals surface area (Å²) in [4.78, 5) is 13.2. The molecule has 0 spiro atoms. The van der Waals surface area contributed by atoms with Crippen LogP contribution in [0.3, 0.4) is 0 Å². The van der Waals surface area contributed by atoms with E-state index in [1.54, 1.807) is 12.1 Å². The molecule has 1 saturated carbocycles. The normalized spacial score (nSPS) is 16.9. The summed E-state index contributed by atoms with van der Waals surface area (Å²) in [7, 11) is 2.07. The van der Waals surface area contributed by atoms with Crippen LogP contribution in [0.4, 0.5) is 5.69 Å². The first-order chi connectivity index (χ1) is 9.09. The van der Waals surface area contributed by atoms with Crippen molar-refractivity contribution in [3.63, 3.8) is 0 Å². The van der Waals surface area contributed by atoms with Gasteiger partial charge in [0, 0.05) is 18.8 Å². The van der Waals surface area contributed by atoms with Gasteiger partial charge in [0.15, 0.2) is 0 Å². The van der Waals surface area contributed by atoms with Gasteiger partial charge in [-0.05, 0) is 31.0 Å². The molecule has 0 saturated heterocycles. The molecule has 0 amide bonds. The molecule has 1 aliphatic rings. The van der Waals surface area contributed by atoms with Gasteiger partial charge in [0.05, 0.1) is 10.6 Å². The van der Waals surface area contributed by atoms with Crippen molar-refractivity contribution in [2.75, 3.05) is 11.9 Å². The van der Waals surface area contributed by atoms with Crippen LogP contribution in [0.15, 0.2) is 18.2 Å². The van der Waals surface area contributed by atoms with E-state index in [-0.39, 0.29) is 5.56 Å². The van der Waals surface area contributed by atoms with Gasteiger partial charge in [0.1, 0.15) is 0 Å². The van der Waals surface area contributed by atoms with Gasteiger partial charge in [0.2, 0.25) is 0 Å². The fourth-order valence-electron chi connectivity index (χ4n) is 2.75. The summed E-state index contributed by atoms with van der Waals surface area (Å²) in [6.45, 7) is 0. The fourth-order valence-corrected chi connectivity index (χ4v) is 3.01. The molecule has 2 rings (SSSR count). The first-order valence-electron chi connectivity index (χ1n) is 6.85. The Balaban J connectivity index is 2.16. The van der Waals surface area contributed by atoms with Crippen molar-refractivity contribution in [3.8, 4) is 0 Å². The number of carbonyl (C=O) groups is 1. The monoisotopic (exact) mass is 281 g/mol.